The number of thiophene rings is 1. The summed E-state index contributed by atoms with van der Waals surface area (Å²) in [5.41, 5.74) is 2.03. The molecule has 0 fully saturated rings. The number of anilines is 1. The highest BCUT2D eigenvalue weighted by molar-refractivity contribution is 7.10. The van der Waals surface area contributed by atoms with Crippen LogP contribution in [0.5, 0.6) is 0 Å². The largest absolute Gasteiger partial charge is 0.325 e. The van der Waals surface area contributed by atoms with Crippen molar-refractivity contribution >= 4 is 22.9 Å². The van der Waals surface area contributed by atoms with Crippen molar-refractivity contribution in [2.24, 2.45) is 7.05 Å². The summed E-state index contributed by atoms with van der Waals surface area (Å²) in [4.78, 5) is 12.2. The Labute approximate surface area is 110 Å². The van der Waals surface area contributed by atoms with Crippen LogP contribution < -0.4 is 10.6 Å². The lowest BCUT2D eigenvalue weighted by Gasteiger charge is -2.06. The second kappa shape index (κ2) is 5.79. The number of carbonyl (C=O) groups is 1. The van der Waals surface area contributed by atoms with Crippen LogP contribution in [-0.4, -0.2) is 15.7 Å². The molecule has 2 aromatic rings. The van der Waals surface area contributed by atoms with E-state index in [1.165, 1.54) is 6.92 Å². The predicted octanol–water partition coefficient (Wildman–Crippen LogP) is 1.73. The molecule has 0 radical (unpaired) electrons. The van der Waals surface area contributed by atoms with Crippen molar-refractivity contribution in [3.8, 4) is 0 Å². The van der Waals surface area contributed by atoms with E-state index < -0.39 is 0 Å². The van der Waals surface area contributed by atoms with E-state index in [9.17, 15) is 4.79 Å². The molecule has 2 aromatic heterocycles. The maximum atomic E-state index is 11.0. The van der Waals surface area contributed by atoms with Crippen LogP contribution in [0.1, 0.15) is 17.5 Å². The molecule has 0 saturated heterocycles. The fourth-order valence-electron chi connectivity index (χ4n) is 1.66. The van der Waals surface area contributed by atoms with Crippen LogP contribution in [0.4, 0.5) is 5.69 Å². The Bertz CT molecular complexity index is 532. The highest BCUT2D eigenvalue weighted by atomic mass is 32.1. The van der Waals surface area contributed by atoms with Gasteiger partial charge in [-0.2, -0.15) is 5.10 Å². The maximum Gasteiger partial charge on any atom is 0.221 e. The first-order valence-electron chi connectivity index (χ1n) is 5.68. The third kappa shape index (κ3) is 3.18. The maximum absolute atomic E-state index is 11.0. The molecule has 1 amide bonds. The number of hydrogen-bond donors (Lipinski definition) is 2. The molecule has 0 unspecified atom stereocenters. The van der Waals surface area contributed by atoms with Crippen LogP contribution in [0, 0.1) is 0 Å². The Balaban J connectivity index is 1.89. The molecule has 0 saturated carbocycles. The number of rotatable bonds is 5. The fourth-order valence-corrected chi connectivity index (χ4v) is 2.46. The quantitative estimate of drug-likeness (QED) is 0.864. The van der Waals surface area contributed by atoms with Crippen LogP contribution in [-0.2, 0) is 24.9 Å². The lowest BCUT2D eigenvalue weighted by atomic mass is 10.3. The molecule has 18 heavy (non-hydrogen) atoms. The molecule has 2 heterocycles. The molecule has 0 aromatic carbocycles. The van der Waals surface area contributed by atoms with E-state index in [0.717, 1.165) is 29.3 Å². The van der Waals surface area contributed by atoms with Crippen molar-refractivity contribution in [1.29, 1.82) is 0 Å². The van der Waals surface area contributed by atoms with E-state index in [0.29, 0.717) is 0 Å². The van der Waals surface area contributed by atoms with Gasteiger partial charge in [-0.25, -0.2) is 0 Å². The molecule has 2 N–H and O–H groups in total. The van der Waals surface area contributed by atoms with E-state index in [4.69, 9.17) is 0 Å². The second-order valence-electron chi connectivity index (χ2n) is 3.99. The van der Waals surface area contributed by atoms with Crippen LogP contribution >= 0.6 is 11.3 Å². The summed E-state index contributed by atoms with van der Waals surface area (Å²) in [5.74, 6) is -0.0405. The van der Waals surface area contributed by atoms with Gasteiger partial charge in [0.15, 0.2) is 0 Å². The average Bonchev–Trinajstić information content (AvgIpc) is 2.89. The van der Waals surface area contributed by atoms with E-state index in [1.54, 1.807) is 17.5 Å². The molecule has 0 spiro atoms. The molecule has 0 atom stereocenters. The Morgan fingerprint density at radius 1 is 1.44 bits per heavy atom. The first kappa shape index (κ1) is 12.8. The van der Waals surface area contributed by atoms with E-state index in [-0.39, 0.29) is 5.91 Å². The number of amides is 1. The zero-order chi connectivity index (χ0) is 13.0. The summed E-state index contributed by atoms with van der Waals surface area (Å²) in [7, 11) is 1.92. The third-order valence-electron chi connectivity index (χ3n) is 2.57. The second-order valence-corrected chi connectivity index (χ2v) is 4.99. The van der Waals surface area contributed by atoms with Crippen LogP contribution in [0.25, 0.3) is 0 Å². The molecule has 5 nitrogen and oxygen atoms in total. The number of aryl methyl sites for hydroxylation is 1. The minimum atomic E-state index is -0.0405. The summed E-state index contributed by atoms with van der Waals surface area (Å²) in [6, 6.07) is 3.91. The Kier molecular flexibility index (Phi) is 4.11. The summed E-state index contributed by atoms with van der Waals surface area (Å²) >= 11 is 1.63. The van der Waals surface area contributed by atoms with E-state index >= 15 is 0 Å². The third-order valence-corrected chi connectivity index (χ3v) is 3.49. The summed E-state index contributed by atoms with van der Waals surface area (Å²) in [6.07, 6.45) is 1.78. The number of nitrogens with zero attached hydrogens (tertiary/aromatic N) is 2. The molecule has 6 heteroatoms. The van der Waals surface area contributed by atoms with Gasteiger partial charge in [0, 0.05) is 38.1 Å². The smallest absolute Gasteiger partial charge is 0.221 e. The molecule has 0 aliphatic rings. The van der Waals surface area contributed by atoms with Gasteiger partial charge in [-0.05, 0) is 17.5 Å². The fraction of sp³-hybridized carbons (Fsp3) is 0.333. The summed E-state index contributed by atoms with van der Waals surface area (Å²) < 4.78 is 1.84. The number of aromatic nitrogens is 2. The van der Waals surface area contributed by atoms with Gasteiger partial charge in [0.25, 0.3) is 0 Å². The van der Waals surface area contributed by atoms with Gasteiger partial charge in [0.05, 0.1) is 11.4 Å². The lowest BCUT2D eigenvalue weighted by Crippen LogP contribution is -2.16. The molecule has 0 bridgehead atoms. The minimum absolute atomic E-state index is 0.0405. The van der Waals surface area contributed by atoms with Crippen molar-refractivity contribution in [2.75, 3.05) is 5.32 Å². The summed E-state index contributed by atoms with van der Waals surface area (Å²) in [6.45, 7) is 3.01. The zero-order valence-corrected chi connectivity index (χ0v) is 11.3. The van der Waals surface area contributed by atoms with Crippen LogP contribution in [0.3, 0.4) is 0 Å². The first-order valence-corrected chi connectivity index (χ1v) is 6.56. The van der Waals surface area contributed by atoms with Crippen molar-refractivity contribution in [3.63, 3.8) is 0 Å². The van der Waals surface area contributed by atoms with E-state index in [2.05, 4.69) is 15.7 Å². The number of nitrogens with one attached hydrogen (secondary N) is 2. The topological polar surface area (TPSA) is 59.0 Å². The van der Waals surface area contributed by atoms with Crippen molar-refractivity contribution in [2.45, 2.75) is 20.0 Å². The highest BCUT2D eigenvalue weighted by Crippen LogP contribution is 2.22. The van der Waals surface area contributed by atoms with Gasteiger partial charge < -0.3 is 10.6 Å². The molecular weight excluding hydrogens is 248 g/mol. The molecule has 2 rings (SSSR count). The average molecular weight is 264 g/mol. The van der Waals surface area contributed by atoms with Crippen LogP contribution in [0.15, 0.2) is 23.7 Å². The Morgan fingerprint density at radius 3 is 2.94 bits per heavy atom. The van der Waals surface area contributed by atoms with Gasteiger partial charge in [0.2, 0.25) is 5.91 Å². The first-order chi connectivity index (χ1) is 8.66. The van der Waals surface area contributed by atoms with Crippen LogP contribution in [0.2, 0.25) is 0 Å². The van der Waals surface area contributed by atoms with Gasteiger partial charge in [-0.15, -0.1) is 11.3 Å². The SMILES string of the molecule is CC(=O)Nc1ccsc1CNCc1ccnn1C. The highest BCUT2D eigenvalue weighted by Gasteiger charge is 2.05. The summed E-state index contributed by atoms with van der Waals surface area (Å²) in [5, 5.41) is 12.3. The standard InChI is InChI=1S/C12H16N4OS/c1-9(17)15-11-4-6-18-12(11)8-13-7-10-3-5-14-16(10)2/h3-6,13H,7-8H2,1-2H3,(H,15,17). The lowest BCUT2D eigenvalue weighted by molar-refractivity contribution is -0.114. The van der Waals surface area contributed by atoms with E-state index in [1.807, 2.05) is 29.2 Å². The Hall–Kier alpha value is -1.66. The van der Waals surface area contributed by atoms with Gasteiger partial charge >= 0.3 is 0 Å². The van der Waals surface area contributed by atoms with Gasteiger partial charge in [-0.1, -0.05) is 0 Å². The number of hydrogen-bond acceptors (Lipinski definition) is 4. The molecular formula is C12H16N4OS. The minimum Gasteiger partial charge on any atom is -0.325 e. The van der Waals surface area contributed by atoms with Gasteiger partial charge in [-0.3, -0.25) is 9.48 Å². The zero-order valence-electron chi connectivity index (χ0n) is 10.4. The normalized spacial score (nSPS) is 10.6. The molecule has 0 aliphatic carbocycles. The van der Waals surface area contributed by atoms with Crippen molar-refractivity contribution in [3.05, 3.63) is 34.3 Å². The monoisotopic (exact) mass is 264 g/mol. The van der Waals surface area contributed by atoms with Crippen molar-refractivity contribution < 1.29 is 4.79 Å². The Morgan fingerprint density at radius 2 is 2.28 bits per heavy atom. The predicted molar refractivity (Wildman–Crippen MR) is 72.4 cm³/mol. The number of carbonyl (C=O) groups excluding carboxylic acids is 1. The van der Waals surface area contributed by atoms with Gasteiger partial charge in [0.1, 0.15) is 0 Å². The van der Waals surface area contributed by atoms with Crippen molar-refractivity contribution in [1.82, 2.24) is 15.1 Å². The molecule has 96 valence electrons. The molecule has 0 aliphatic heterocycles.